The van der Waals surface area contributed by atoms with Gasteiger partial charge in [-0.3, -0.25) is 4.79 Å². The van der Waals surface area contributed by atoms with Gasteiger partial charge in [-0.1, -0.05) is 18.2 Å². The first-order chi connectivity index (χ1) is 14.2. The normalized spacial score (nSPS) is 16.6. The number of benzene rings is 2. The summed E-state index contributed by atoms with van der Waals surface area (Å²) in [5.74, 6) is -0.149. The number of carbonyl (C=O) groups excluding carboxylic acids is 1. The van der Waals surface area contributed by atoms with Crippen molar-refractivity contribution in [3.8, 4) is 0 Å². The molecule has 0 aliphatic carbocycles. The van der Waals surface area contributed by atoms with Crippen molar-refractivity contribution in [2.24, 2.45) is 0 Å². The fourth-order valence-corrected chi connectivity index (χ4v) is 3.49. The van der Waals surface area contributed by atoms with Gasteiger partial charge in [0.2, 0.25) is 5.91 Å². The van der Waals surface area contributed by atoms with E-state index in [0.29, 0.717) is 25.2 Å². The van der Waals surface area contributed by atoms with Gasteiger partial charge in [0.15, 0.2) is 0 Å². The minimum absolute atomic E-state index is 0.00181. The highest BCUT2D eigenvalue weighted by Crippen LogP contribution is 2.30. The minimum atomic E-state index is -4.38. The summed E-state index contributed by atoms with van der Waals surface area (Å²) in [6.07, 6.45) is -3.26. The molecule has 2 aromatic carbocycles. The van der Waals surface area contributed by atoms with E-state index in [1.54, 1.807) is 11.9 Å². The number of amides is 1. The molecule has 1 aliphatic heterocycles. The van der Waals surface area contributed by atoms with Gasteiger partial charge in [-0.25, -0.2) is 0 Å². The maximum Gasteiger partial charge on any atom is 0.416 e. The van der Waals surface area contributed by atoms with Gasteiger partial charge < -0.3 is 20.2 Å². The Morgan fingerprint density at radius 3 is 2.53 bits per heavy atom. The predicted molar refractivity (Wildman–Crippen MR) is 111 cm³/mol. The number of alkyl halides is 3. The van der Waals surface area contributed by atoms with Crippen LogP contribution < -0.4 is 10.2 Å². The van der Waals surface area contributed by atoms with E-state index in [4.69, 9.17) is 0 Å². The van der Waals surface area contributed by atoms with Gasteiger partial charge in [0, 0.05) is 38.1 Å². The van der Waals surface area contributed by atoms with Crippen molar-refractivity contribution in [3.63, 3.8) is 0 Å². The van der Waals surface area contributed by atoms with Gasteiger partial charge in [0.25, 0.3) is 0 Å². The smallest absolute Gasteiger partial charge is 0.391 e. The zero-order valence-electron chi connectivity index (χ0n) is 16.8. The molecule has 1 fully saturated rings. The highest BCUT2D eigenvalue weighted by Gasteiger charge is 2.30. The number of hydrogen-bond acceptors (Lipinski definition) is 4. The molecule has 0 bridgehead atoms. The third kappa shape index (κ3) is 5.66. The largest absolute Gasteiger partial charge is 0.416 e. The van der Waals surface area contributed by atoms with Crippen LogP contribution >= 0.6 is 0 Å². The van der Waals surface area contributed by atoms with E-state index in [2.05, 4.69) is 10.2 Å². The Morgan fingerprint density at radius 2 is 1.90 bits per heavy atom. The number of aliphatic hydroxyl groups is 1. The third-order valence-electron chi connectivity index (χ3n) is 5.29. The van der Waals surface area contributed by atoms with Crippen LogP contribution in [0.4, 0.5) is 24.5 Å². The Kier molecular flexibility index (Phi) is 6.87. The standard InChI is InChI=1S/C22H26F3N3O2/c1-27(21(30)14-26-18-8-6-17(7-9-18)22(23,24)25)12-10-16-4-2-3-5-20(16)28-13-11-19(29)15-28/h2-9,19,26,29H,10-15H2,1H3/t19-/m0/s1. The summed E-state index contributed by atoms with van der Waals surface area (Å²) in [4.78, 5) is 16.2. The Hall–Kier alpha value is -2.74. The second-order valence-corrected chi connectivity index (χ2v) is 7.51. The van der Waals surface area contributed by atoms with Crippen molar-refractivity contribution in [1.82, 2.24) is 4.90 Å². The van der Waals surface area contributed by atoms with Crippen LogP contribution in [-0.4, -0.2) is 55.2 Å². The molecular formula is C22H26F3N3O2. The lowest BCUT2D eigenvalue weighted by molar-refractivity contribution is -0.137. The van der Waals surface area contributed by atoms with Gasteiger partial charge >= 0.3 is 6.18 Å². The van der Waals surface area contributed by atoms with Crippen LogP contribution in [0.25, 0.3) is 0 Å². The molecule has 0 radical (unpaired) electrons. The van der Waals surface area contributed by atoms with Crippen LogP contribution in [0.1, 0.15) is 17.5 Å². The molecule has 1 heterocycles. The number of rotatable bonds is 7. The van der Waals surface area contributed by atoms with Crippen molar-refractivity contribution in [1.29, 1.82) is 0 Å². The topological polar surface area (TPSA) is 55.8 Å². The highest BCUT2D eigenvalue weighted by molar-refractivity contribution is 5.80. The third-order valence-corrected chi connectivity index (χ3v) is 5.29. The first-order valence-corrected chi connectivity index (χ1v) is 9.90. The molecule has 2 aromatic rings. The summed E-state index contributed by atoms with van der Waals surface area (Å²) in [7, 11) is 1.71. The second kappa shape index (κ2) is 9.38. The molecule has 1 atom stereocenters. The summed E-state index contributed by atoms with van der Waals surface area (Å²) in [6.45, 7) is 1.94. The molecule has 162 valence electrons. The summed E-state index contributed by atoms with van der Waals surface area (Å²) < 4.78 is 37.8. The fourth-order valence-electron chi connectivity index (χ4n) is 3.49. The van der Waals surface area contributed by atoms with Crippen LogP contribution in [0.5, 0.6) is 0 Å². The van der Waals surface area contributed by atoms with E-state index in [1.165, 1.54) is 12.1 Å². The molecule has 1 saturated heterocycles. The molecule has 0 unspecified atom stereocenters. The van der Waals surface area contributed by atoms with Gasteiger partial charge in [-0.2, -0.15) is 13.2 Å². The number of nitrogens with zero attached hydrogens (tertiary/aromatic N) is 2. The molecule has 5 nitrogen and oxygen atoms in total. The molecule has 0 spiro atoms. The Balaban J connectivity index is 1.51. The molecule has 0 saturated carbocycles. The average molecular weight is 421 g/mol. The number of anilines is 2. The SMILES string of the molecule is CN(CCc1ccccc1N1CC[C@H](O)C1)C(=O)CNc1ccc(C(F)(F)F)cc1. The monoisotopic (exact) mass is 421 g/mol. The number of likely N-dealkylation sites (N-methyl/N-ethyl adjacent to an activating group) is 1. The maximum atomic E-state index is 12.6. The minimum Gasteiger partial charge on any atom is -0.391 e. The molecule has 8 heteroatoms. The number of aliphatic hydroxyl groups excluding tert-OH is 1. The van der Waals surface area contributed by atoms with Crippen molar-refractivity contribution < 1.29 is 23.1 Å². The van der Waals surface area contributed by atoms with Crippen LogP contribution in [0.15, 0.2) is 48.5 Å². The molecule has 30 heavy (non-hydrogen) atoms. The van der Waals surface area contributed by atoms with Crippen LogP contribution in [0.2, 0.25) is 0 Å². The Labute approximate surface area is 174 Å². The lowest BCUT2D eigenvalue weighted by atomic mass is 10.1. The maximum absolute atomic E-state index is 12.6. The van der Waals surface area contributed by atoms with Gasteiger partial charge in [-0.15, -0.1) is 0 Å². The summed E-state index contributed by atoms with van der Waals surface area (Å²) in [5.41, 5.74) is 1.93. The summed E-state index contributed by atoms with van der Waals surface area (Å²) in [6, 6.07) is 12.6. The van der Waals surface area contributed by atoms with E-state index in [0.717, 1.165) is 36.3 Å². The number of halogens is 3. The molecular weight excluding hydrogens is 395 g/mol. The van der Waals surface area contributed by atoms with Gasteiger partial charge in [-0.05, 0) is 48.7 Å². The number of para-hydroxylation sites is 1. The molecule has 1 aliphatic rings. The first kappa shape index (κ1) is 22.0. The number of carbonyl (C=O) groups is 1. The Bertz CT molecular complexity index is 855. The zero-order chi connectivity index (χ0) is 21.7. The lowest BCUT2D eigenvalue weighted by Crippen LogP contribution is -2.34. The number of hydrogen-bond donors (Lipinski definition) is 2. The Morgan fingerprint density at radius 1 is 1.20 bits per heavy atom. The molecule has 1 amide bonds. The first-order valence-electron chi connectivity index (χ1n) is 9.90. The second-order valence-electron chi connectivity index (χ2n) is 7.51. The average Bonchev–Trinajstić information content (AvgIpc) is 3.16. The predicted octanol–water partition coefficient (Wildman–Crippen LogP) is 3.39. The van der Waals surface area contributed by atoms with E-state index in [1.807, 2.05) is 24.3 Å². The van der Waals surface area contributed by atoms with Gasteiger partial charge in [0.05, 0.1) is 18.2 Å². The van der Waals surface area contributed by atoms with E-state index in [-0.39, 0.29) is 18.6 Å². The van der Waals surface area contributed by atoms with Crippen molar-refractivity contribution >= 4 is 17.3 Å². The zero-order valence-corrected chi connectivity index (χ0v) is 16.8. The molecule has 2 N–H and O–H groups in total. The lowest BCUT2D eigenvalue weighted by Gasteiger charge is -2.23. The highest BCUT2D eigenvalue weighted by atomic mass is 19.4. The van der Waals surface area contributed by atoms with Crippen molar-refractivity contribution in [2.45, 2.75) is 25.1 Å². The van der Waals surface area contributed by atoms with Gasteiger partial charge in [0.1, 0.15) is 0 Å². The van der Waals surface area contributed by atoms with E-state index < -0.39 is 11.7 Å². The van der Waals surface area contributed by atoms with Crippen LogP contribution in [0.3, 0.4) is 0 Å². The molecule has 0 aromatic heterocycles. The summed E-state index contributed by atoms with van der Waals surface area (Å²) >= 11 is 0. The van der Waals surface area contributed by atoms with Crippen LogP contribution in [0, 0.1) is 0 Å². The number of β-amino-alcohol motifs (C(OH)–C–C–N with tert-alkyl or cyclic N) is 1. The van der Waals surface area contributed by atoms with Crippen LogP contribution in [-0.2, 0) is 17.4 Å². The number of nitrogens with one attached hydrogen (secondary N) is 1. The van der Waals surface area contributed by atoms with Crippen molar-refractivity contribution in [3.05, 3.63) is 59.7 Å². The molecule has 3 rings (SSSR count). The fraction of sp³-hybridized carbons (Fsp3) is 0.409. The van der Waals surface area contributed by atoms with E-state index >= 15 is 0 Å². The van der Waals surface area contributed by atoms with E-state index in [9.17, 15) is 23.1 Å². The summed E-state index contributed by atoms with van der Waals surface area (Å²) in [5, 5.41) is 12.7. The quantitative estimate of drug-likeness (QED) is 0.720. The van der Waals surface area contributed by atoms with Crippen molar-refractivity contribution in [2.75, 3.05) is 43.4 Å².